The van der Waals surface area contributed by atoms with E-state index in [9.17, 15) is 31.1 Å². The number of fused-ring (bicyclic) bond motifs is 1. The Bertz CT molecular complexity index is 1450. The quantitative estimate of drug-likeness (QED) is 0.221. The van der Waals surface area contributed by atoms with E-state index >= 15 is 0 Å². The van der Waals surface area contributed by atoms with Gasteiger partial charge in [-0.2, -0.15) is 31.4 Å². The van der Waals surface area contributed by atoms with Crippen LogP contribution in [0.1, 0.15) is 23.9 Å². The van der Waals surface area contributed by atoms with Gasteiger partial charge in [0, 0.05) is 11.8 Å². The number of carboxylic acids is 2. The van der Waals surface area contributed by atoms with Gasteiger partial charge in [-0.15, -0.1) is 0 Å². The van der Waals surface area contributed by atoms with Gasteiger partial charge < -0.3 is 20.9 Å². The normalized spacial score (nSPS) is 12.0. The summed E-state index contributed by atoms with van der Waals surface area (Å²) in [6.45, 7) is 0. The number of rotatable bonds is 5. The second-order valence-corrected chi connectivity index (χ2v) is 7.91. The van der Waals surface area contributed by atoms with E-state index in [4.69, 9.17) is 25.5 Å². The molecule has 0 spiro atoms. The predicted molar refractivity (Wildman–Crippen MR) is 129 cm³/mol. The molecule has 0 aliphatic heterocycles. The van der Waals surface area contributed by atoms with Gasteiger partial charge in [0.2, 0.25) is 0 Å². The van der Waals surface area contributed by atoms with Crippen molar-refractivity contribution in [1.29, 1.82) is 0 Å². The summed E-state index contributed by atoms with van der Waals surface area (Å²) in [5, 5.41) is 21.5. The second-order valence-electron chi connectivity index (χ2n) is 7.91. The van der Waals surface area contributed by atoms with E-state index in [2.05, 4.69) is 32.3 Å². The number of nitrogens with one attached hydrogen (secondary N) is 2. The number of carbonyl (C=O) groups is 2. The molecule has 0 aliphatic rings. The molecule has 4 rings (SSSR count). The number of alkyl halides is 6. The minimum absolute atomic E-state index is 0.175. The van der Waals surface area contributed by atoms with Crippen LogP contribution in [0.25, 0.3) is 22.0 Å². The highest BCUT2D eigenvalue weighted by Gasteiger charge is 2.38. The summed E-state index contributed by atoms with van der Waals surface area (Å²) in [5.74, 6) is -4.99. The molecular formula is C24H21F6N5O5. The molecule has 0 saturated heterocycles. The van der Waals surface area contributed by atoms with Gasteiger partial charge in [0.25, 0.3) is 5.56 Å². The first-order chi connectivity index (χ1) is 18.6. The Balaban J connectivity index is 0.000000333. The number of aromatic nitrogens is 4. The lowest BCUT2D eigenvalue weighted by molar-refractivity contribution is -0.193. The van der Waals surface area contributed by atoms with Crippen molar-refractivity contribution >= 4 is 22.8 Å². The SMILES string of the molecule is N[C@H](CCc1ccccc1)c1nc2ccc(-c3cn[nH]c3)cc2c(=O)[nH]1.O=C(O)C(F)(F)F.O=C(O)C(F)(F)F. The van der Waals surface area contributed by atoms with E-state index in [-0.39, 0.29) is 11.6 Å². The van der Waals surface area contributed by atoms with Crippen molar-refractivity contribution in [3.8, 4) is 11.1 Å². The summed E-state index contributed by atoms with van der Waals surface area (Å²) in [6, 6.07) is 15.4. The van der Waals surface area contributed by atoms with Crippen LogP contribution < -0.4 is 11.3 Å². The maximum absolute atomic E-state index is 12.5. The van der Waals surface area contributed by atoms with Crippen molar-refractivity contribution in [3.63, 3.8) is 0 Å². The Kier molecular flexibility index (Phi) is 10.5. The number of hydrogen-bond acceptors (Lipinski definition) is 6. The maximum Gasteiger partial charge on any atom is 0.490 e. The van der Waals surface area contributed by atoms with E-state index in [0.29, 0.717) is 23.1 Å². The third kappa shape index (κ3) is 9.54. The van der Waals surface area contributed by atoms with Crippen LogP contribution in [0.15, 0.2) is 65.7 Å². The molecule has 214 valence electrons. The number of hydrogen-bond donors (Lipinski definition) is 5. The molecule has 1 atom stereocenters. The van der Waals surface area contributed by atoms with Crippen LogP contribution in [-0.4, -0.2) is 54.7 Å². The molecule has 4 aromatic rings. The van der Waals surface area contributed by atoms with Crippen LogP contribution in [-0.2, 0) is 16.0 Å². The number of benzene rings is 2. The molecule has 0 saturated carbocycles. The van der Waals surface area contributed by atoms with Gasteiger partial charge in [0.15, 0.2) is 0 Å². The van der Waals surface area contributed by atoms with Gasteiger partial charge in [0.05, 0.1) is 23.1 Å². The average molecular weight is 573 g/mol. The number of H-pyrrole nitrogens is 2. The monoisotopic (exact) mass is 573 g/mol. The number of nitrogens with zero attached hydrogens (tertiary/aromatic N) is 2. The lowest BCUT2D eigenvalue weighted by Gasteiger charge is -2.12. The number of aliphatic carboxylic acids is 2. The minimum Gasteiger partial charge on any atom is -0.475 e. The predicted octanol–water partition coefficient (Wildman–Crippen LogP) is 4.21. The summed E-state index contributed by atoms with van der Waals surface area (Å²) in [6.07, 6.45) is -5.11. The fraction of sp³-hybridized carbons (Fsp3) is 0.208. The lowest BCUT2D eigenvalue weighted by atomic mass is 10.0. The van der Waals surface area contributed by atoms with Crippen molar-refractivity contribution in [3.05, 3.63) is 82.7 Å². The number of aromatic amines is 2. The number of nitrogens with two attached hydrogens (primary N) is 1. The molecule has 16 heteroatoms. The first-order valence-corrected chi connectivity index (χ1v) is 11.0. The van der Waals surface area contributed by atoms with Crippen molar-refractivity contribution in [2.24, 2.45) is 5.73 Å². The lowest BCUT2D eigenvalue weighted by Crippen LogP contribution is -2.21. The van der Waals surface area contributed by atoms with Crippen LogP contribution >= 0.6 is 0 Å². The molecule has 0 amide bonds. The van der Waals surface area contributed by atoms with Crippen LogP contribution in [0.4, 0.5) is 26.3 Å². The van der Waals surface area contributed by atoms with Crippen molar-refractivity contribution in [2.75, 3.05) is 0 Å². The van der Waals surface area contributed by atoms with Crippen molar-refractivity contribution < 1.29 is 46.1 Å². The first kappa shape index (κ1) is 31.5. The minimum atomic E-state index is -5.08. The van der Waals surface area contributed by atoms with Gasteiger partial charge >= 0.3 is 24.3 Å². The molecule has 0 aliphatic carbocycles. The Labute approximate surface area is 220 Å². The van der Waals surface area contributed by atoms with Gasteiger partial charge in [-0.3, -0.25) is 9.89 Å². The average Bonchev–Trinajstić information content (AvgIpc) is 3.42. The van der Waals surface area contributed by atoms with Crippen LogP contribution in [0.5, 0.6) is 0 Å². The summed E-state index contributed by atoms with van der Waals surface area (Å²) in [5.41, 5.74) is 9.79. The third-order valence-electron chi connectivity index (χ3n) is 4.98. The molecule has 2 aromatic carbocycles. The highest BCUT2D eigenvalue weighted by Crippen LogP contribution is 2.22. The summed E-state index contributed by atoms with van der Waals surface area (Å²) < 4.78 is 63.5. The van der Waals surface area contributed by atoms with Crippen LogP contribution in [0, 0.1) is 0 Å². The van der Waals surface area contributed by atoms with Crippen molar-refractivity contribution in [1.82, 2.24) is 20.2 Å². The van der Waals surface area contributed by atoms with Gasteiger partial charge in [-0.25, -0.2) is 14.6 Å². The highest BCUT2D eigenvalue weighted by molar-refractivity contribution is 5.83. The van der Waals surface area contributed by atoms with Gasteiger partial charge in [-0.05, 0) is 36.1 Å². The molecule has 2 aromatic heterocycles. The smallest absolute Gasteiger partial charge is 0.475 e. The third-order valence-corrected chi connectivity index (χ3v) is 4.98. The zero-order valence-electron chi connectivity index (χ0n) is 20.1. The molecular weight excluding hydrogens is 552 g/mol. The van der Waals surface area contributed by atoms with Crippen LogP contribution in [0.2, 0.25) is 0 Å². The Morgan fingerprint density at radius 2 is 1.50 bits per heavy atom. The summed E-state index contributed by atoms with van der Waals surface area (Å²) in [7, 11) is 0. The van der Waals surface area contributed by atoms with E-state index in [1.54, 1.807) is 12.4 Å². The summed E-state index contributed by atoms with van der Waals surface area (Å²) in [4.78, 5) is 37.7. The second kappa shape index (κ2) is 13.4. The van der Waals surface area contributed by atoms with E-state index < -0.39 is 24.3 Å². The van der Waals surface area contributed by atoms with E-state index in [1.807, 2.05) is 36.4 Å². The summed E-state index contributed by atoms with van der Waals surface area (Å²) >= 11 is 0. The topological polar surface area (TPSA) is 175 Å². The number of halogens is 6. The fourth-order valence-corrected chi connectivity index (χ4v) is 3.02. The molecule has 0 unspecified atom stereocenters. The first-order valence-electron chi connectivity index (χ1n) is 11.0. The Morgan fingerprint density at radius 3 is 2.00 bits per heavy atom. The molecule has 6 N–H and O–H groups in total. The van der Waals surface area contributed by atoms with E-state index in [1.165, 1.54) is 5.56 Å². The molecule has 40 heavy (non-hydrogen) atoms. The Morgan fingerprint density at radius 1 is 0.925 bits per heavy atom. The molecule has 0 bridgehead atoms. The standard InChI is InChI=1S/C20H19N5O.2C2HF3O2/c21-17(8-6-13-4-2-1-3-5-13)19-24-18-9-7-14(15-11-22-23-12-15)10-16(18)20(26)25-19;2*3-2(4,5)1(6)7/h1-5,7,9-12,17H,6,8,21H2,(H,22,23)(H,24,25,26);2*(H,6,7)/t17-;;/m1../s1. The van der Waals surface area contributed by atoms with Gasteiger partial charge in [0.1, 0.15) is 5.82 Å². The Hall–Kier alpha value is -4.73. The molecule has 10 nitrogen and oxygen atoms in total. The van der Waals surface area contributed by atoms with Crippen LogP contribution in [0.3, 0.4) is 0 Å². The fourth-order valence-electron chi connectivity index (χ4n) is 3.02. The zero-order chi connectivity index (χ0) is 30.1. The highest BCUT2D eigenvalue weighted by atomic mass is 19.4. The van der Waals surface area contributed by atoms with Gasteiger partial charge in [-0.1, -0.05) is 36.4 Å². The molecule has 0 radical (unpaired) electrons. The van der Waals surface area contributed by atoms with E-state index in [0.717, 1.165) is 17.5 Å². The number of aryl methyl sites for hydroxylation is 1. The zero-order valence-corrected chi connectivity index (χ0v) is 20.1. The maximum atomic E-state index is 12.5. The molecule has 0 fully saturated rings. The van der Waals surface area contributed by atoms with Crippen molar-refractivity contribution in [2.45, 2.75) is 31.2 Å². The number of carboxylic acid groups (broad SMARTS) is 2. The largest absolute Gasteiger partial charge is 0.490 e. The molecule has 2 heterocycles.